The predicted molar refractivity (Wildman–Crippen MR) is 109 cm³/mol. The van der Waals surface area contributed by atoms with Crippen LogP contribution < -0.4 is 0 Å². The smallest absolute Gasteiger partial charge is 0.227 e. The topological polar surface area (TPSA) is 60.9 Å². The predicted octanol–water partition coefficient (Wildman–Crippen LogP) is 2.14. The van der Waals surface area contributed by atoms with Crippen molar-refractivity contribution < 1.29 is 14.7 Å². The summed E-state index contributed by atoms with van der Waals surface area (Å²) in [4.78, 5) is 29.3. The third kappa shape index (κ3) is 5.67. The second-order valence-corrected chi connectivity index (χ2v) is 7.38. The Labute approximate surface area is 166 Å². The first-order valence-electron chi connectivity index (χ1n) is 9.90. The Morgan fingerprint density at radius 3 is 1.61 bits per heavy atom. The van der Waals surface area contributed by atoms with E-state index in [0.29, 0.717) is 45.4 Å². The van der Waals surface area contributed by atoms with Crippen molar-refractivity contribution >= 4 is 11.8 Å². The third-order valence-corrected chi connectivity index (χ3v) is 5.24. The number of hydrogen-bond acceptors (Lipinski definition) is 3. The van der Waals surface area contributed by atoms with Crippen molar-refractivity contribution in [3.63, 3.8) is 0 Å². The van der Waals surface area contributed by atoms with Crippen LogP contribution in [0.15, 0.2) is 60.7 Å². The molecule has 0 aromatic heterocycles. The second-order valence-electron chi connectivity index (χ2n) is 7.38. The molecule has 5 nitrogen and oxygen atoms in total. The van der Waals surface area contributed by atoms with Crippen molar-refractivity contribution in [1.29, 1.82) is 0 Å². The van der Waals surface area contributed by atoms with Gasteiger partial charge in [-0.2, -0.15) is 0 Å². The van der Waals surface area contributed by atoms with Crippen LogP contribution in [-0.2, 0) is 22.4 Å². The lowest BCUT2D eigenvalue weighted by atomic mass is 10.0. The molecule has 1 aliphatic heterocycles. The SMILES string of the molecule is O=C(Cc1ccccc1)N1CCN(C(=O)Cc2ccccc2)CC(CCO)C1. The van der Waals surface area contributed by atoms with Crippen LogP contribution in [-0.4, -0.2) is 59.5 Å². The van der Waals surface area contributed by atoms with Crippen LogP contribution in [0.3, 0.4) is 0 Å². The molecule has 0 aliphatic carbocycles. The molecule has 2 aromatic rings. The highest BCUT2D eigenvalue weighted by molar-refractivity contribution is 5.80. The molecular weight excluding hydrogens is 352 g/mol. The Morgan fingerprint density at radius 1 is 0.786 bits per heavy atom. The number of carbonyl (C=O) groups is 2. The van der Waals surface area contributed by atoms with Crippen molar-refractivity contribution in [2.24, 2.45) is 5.92 Å². The highest BCUT2D eigenvalue weighted by Crippen LogP contribution is 2.16. The lowest BCUT2D eigenvalue weighted by Crippen LogP contribution is -2.38. The van der Waals surface area contributed by atoms with Crippen molar-refractivity contribution in [3.05, 3.63) is 71.8 Å². The summed E-state index contributed by atoms with van der Waals surface area (Å²) < 4.78 is 0. The van der Waals surface area contributed by atoms with Crippen LogP contribution in [0.5, 0.6) is 0 Å². The van der Waals surface area contributed by atoms with Gasteiger partial charge in [-0.25, -0.2) is 0 Å². The maximum Gasteiger partial charge on any atom is 0.227 e. The summed E-state index contributed by atoms with van der Waals surface area (Å²) in [7, 11) is 0. The zero-order chi connectivity index (χ0) is 19.8. The van der Waals surface area contributed by atoms with Crippen molar-refractivity contribution in [2.45, 2.75) is 19.3 Å². The van der Waals surface area contributed by atoms with Gasteiger partial charge >= 0.3 is 0 Å². The van der Waals surface area contributed by atoms with E-state index >= 15 is 0 Å². The number of amides is 2. The van der Waals surface area contributed by atoms with Gasteiger partial charge in [0.05, 0.1) is 12.8 Å². The van der Waals surface area contributed by atoms with E-state index in [1.54, 1.807) is 0 Å². The normalized spacial score (nSPS) is 15.3. The molecule has 1 fully saturated rings. The van der Waals surface area contributed by atoms with Gasteiger partial charge in [-0.1, -0.05) is 60.7 Å². The van der Waals surface area contributed by atoms with E-state index in [0.717, 1.165) is 11.1 Å². The molecule has 2 amide bonds. The van der Waals surface area contributed by atoms with E-state index in [1.165, 1.54) is 0 Å². The molecule has 0 unspecified atom stereocenters. The summed E-state index contributed by atoms with van der Waals surface area (Å²) in [6.07, 6.45) is 1.32. The summed E-state index contributed by atoms with van der Waals surface area (Å²) >= 11 is 0. The average Bonchev–Trinajstić information content (AvgIpc) is 2.93. The van der Waals surface area contributed by atoms with E-state index in [2.05, 4.69) is 0 Å². The lowest BCUT2D eigenvalue weighted by Gasteiger charge is -2.24. The van der Waals surface area contributed by atoms with Crippen molar-refractivity contribution in [1.82, 2.24) is 9.80 Å². The maximum atomic E-state index is 12.8. The zero-order valence-corrected chi connectivity index (χ0v) is 16.2. The molecule has 5 heteroatoms. The highest BCUT2D eigenvalue weighted by atomic mass is 16.3. The Morgan fingerprint density at radius 2 is 1.21 bits per heavy atom. The molecule has 0 radical (unpaired) electrons. The van der Waals surface area contributed by atoms with E-state index in [1.807, 2.05) is 70.5 Å². The Hall–Kier alpha value is -2.66. The summed E-state index contributed by atoms with van der Waals surface area (Å²) in [5.41, 5.74) is 1.99. The first-order chi connectivity index (χ1) is 13.7. The number of aliphatic hydroxyl groups is 1. The van der Waals surface area contributed by atoms with E-state index in [9.17, 15) is 14.7 Å². The van der Waals surface area contributed by atoms with E-state index in [4.69, 9.17) is 0 Å². The van der Waals surface area contributed by atoms with Gasteiger partial charge in [-0.05, 0) is 23.5 Å². The minimum absolute atomic E-state index is 0.0616. The van der Waals surface area contributed by atoms with Crippen LogP contribution in [0.2, 0.25) is 0 Å². The number of benzene rings is 2. The number of rotatable bonds is 6. The van der Waals surface area contributed by atoms with Crippen LogP contribution in [0.25, 0.3) is 0 Å². The molecule has 0 spiro atoms. The van der Waals surface area contributed by atoms with E-state index in [-0.39, 0.29) is 24.3 Å². The summed E-state index contributed by atoms with van der Waals surface area (Å²) in [5.74, 6) is 0.241. The second kappa shape index (κ2) is 10.0. The summed E-state index contributed by atoms with van der Waals surface area (Å²) in [6, 6.07) is 19.4. The first-order valence-corrected chi connectivity index (χ1v) is 9.90. The Balaban J connectivity index is 1.64. The molecule has 2 aromatic carbocycles. The Bertz CT molecular complexity index is 700. The number of nitrogens with zero attached hydrogens (tertiary/aromatic N) is 2. The van der Waals surface area contributed by atoms with Crippen molar-refractivity contribution in [2.75, 3.05) is 32.8 Å². The van der Waals surface area contributed by atoms with Crippen LogP contribution in [0.1, 0.15) is 17.5 Å². The van der Waals surface area contributed by atoms with Gasteiger partial charge in [0.15, 0.2) is 0 Å². The zero-order valence-electron chi connectivity index (χ0n) is 16.2. The molecule has 1 N–H and O–H groups in total. The molecule has 0 bridgehead atoms. The number of hydrogen-bond donors (Lipinski definition) is 1. The molecule has 0 atom stereocenters. The number of aliphatic hydroxyl groups excluding tert-OH is 1. The number of carbonyl (C=O) groups excluding carboxylic acids is 2. The lowest BCUT2D eigenvalue weighted by molar-refractivity contribution is -0.132. The van der Waals surface area contributed by atoms with Gasteiger partial charge in [0.25, 0.3) is 0 Å². The van der Waals surface area contributed by atoms with Crippen LogP contribution in [0.4, 0.5) is 0 Å². The summed E-state index contributed by atoms with van der Waals surface area (Å²) in [6.45, 7) is 2.30. The maximum absolute atomic E-state index is 12.8. The molecule has 28 heavy (non-hydrogen) atoms. The quantitative estimate of drug-likeness (QED) is 0.835. The monoisotopic (exact) mass is 380 g/mol. The highest BCUT2D eigenvalue weighted by Gasteiger charge is 2.27. The minimum atomic E-state index is 0.0616. The van der Waals surface area contributed by atoms with Gasteiger partial charge < -0.3 is 14.9 Å². The molecule has 1 aliphatic rings. The average molecular weight is 380 g/mol. The Kier molecular flexibility index (Phi) is 7.20. The van der Waals surface area contributed by atoms with Gasteiger partial charge in [0, 0.05) is 32.8 Å². The third-order valence-electron chi connectivity index (χ3n) is 5.24. The van der Waals surface area contributed by atoms with Gasteiger partial charge in [-0.15, -0.1) is 0 Å². The van der Waals surface area contributed by atoms with Gasteiger partial charge in [0.1, 0.15) is 0 Å². The molecule has 1 heterocycles. The molecular formula is C23H28N2O3. The fraction of sp³-hybridized carbons (Fsp3) is 0.391. The standard InChI is InChI=1S/C23H28N2O3/c26-14-11-21-17-24(22(27)15-19-7-3-1-4-8-19)12-13-25(18-21)23(28)16-20-9-5-2-6-10-20/h1-10,21,26H,11-18H2. The van der Waals surface area contributed by atoms with Crippen molar-refractivity contribution in [3.8, 4) is 0 Å². The minimum Gasteiger partial charge on any atom is -0.396 e. The van der Waals surface area contributed by atoms with Crippen LogP contribution in [0, 0.1) is 5.92 Å². The van der Waals surface area contributed by atoms with Crippen LogP contribution >= 0.6 is 0 Å². The fourth-order valence-electron chi connectivity index (χ4n) is 3.69. The fourth-order valence-corrected chi connectivity index (χ4v) is 3.69. The molecule has 148 valence electrons. The largest absolute Gasteiger partial charge is 0.396 e. The molecule has 3 rings (SSSR count). The first kappa shape index (κ1) is 20.1. The molecule has 1 saturated heterocycles. The van der Waals surface area contributed by atoms with Gasteiger partial charge in [0.2, 0.25) is 11.8 Å². The summed E-state index contributed by atoms with van der Waals surface area (Å²) in [5, 5.41) is 9.42. The van der Waals surface area contributed by atoms with E-state index < -0.39 is 0 Å². The van der Waals surface area contributed by atoms with Gasteiger partial charge in [-0.3, -0.25) is 9.59 Å². The molecule has 0 saturated carbocycles.